The first kappa shape index (κ1) is 20.0. The van der Waals surface area contributed by atoms with Crippen molar-refractivity contribution in [3.8, 4) is 0 Å². The van der Waals surface area contributed by atoms with Gasteiger partial charge < -0.3 is 0 Å². The third-order valence-electron chi connectivity index (χ3n) is 4.03. The Labute approximate surface area is 132 Å². The van der Waals surface area contributed by atoms with Gasteiger partial charge in [0, 0.05) is 5.70 Å². The molecule has 0 saturated carbocycles. The first-order valence-corrected chi connectivity index (χ1v) is 8.38. The molecule has 0 rings (SSSR count). The van der Waals surface area contributed by atoms with Crippen molar-refractivity contribution < 1.29 is 0 Å². The Morgan fingerprint density at radius 2 is 1.67 bits per heavy atom. The Bertz CT molecular complexity index is 363. The highest BCUT2D eigenvalue weighted by Crippen LogP contribution is 2.27. The van der Waals surface area contributed by atoms with E-state index in [-0.39, 0.29) is 0 Å². The van der Waals surface area contributed by atoms with Crippen molar-refractivity contribution in [2.45, 2.75) is 61.3 Å². The highest BCUT2D eigenvalue weighted by atomic mass is 15.1. The Hall–Kier alpha value is -0.960. The summed E-state index contributed by atoms with van der Waals surface area (Å²) in [5.74, 6) is 1.94. The molecule has 3 nitrogen and oxygen atoms in total. The fraction of sp³-hybridized carbons (Fsp3) is 0.778. The minimum atomic E-state index is 0.523. The van der Waals surface area contributed by atoms with Gasteiger partial charge in [-0.25, -0.2) is 9.98 Å². The molecule has 1 atom stereocenters. The summed E-state index contributed by atoms with van der Waals surface area (Å²) in [6, 6.07) is 0. The third kappa shape index (κ3) is 7.03. The van der Waals surface area contributed by atoms with E-state index in [2.05, 4.69) is 65.1 Å². The van der Waals surface area contributed by atoms with E-state index in [4.69, 9.17) is 4.99 Å². The maximum atomic E-state index is 4.78. The summed E-state index contributed by atoms with van der Waals surface area (Å²) in [5.41, 5.74) is 2.58. The summed E-state index contributed by atoms with van der Waals surface area (Å²) < 4.78 is 0. The van der Waals surface area contributed by atoms with Gasteiger partial charge in [0.05, 0.1) is 6.54 Å². The quantitative estimate of drug-likeness (QED) is 0.443. The van der Waals surface area contributed by atoms with Crippen LogP contribution in [0.15, 0.2) is 21.3 Å². The fourth-order valence-electron chi connectivity index (χ4n) is 2.96. The molecule has 0 N–H and O–H groups in total. The van der Waals surface area contributed by atoms with Gasteiger partial charge in [-0.1, -0.05) is 48.0 Å². The van der Waals surface area contributed by atoms with E-state index in [1.807, 2.05) is 0 Å². The van der Waals surface area contributed by atoms with E-state index in [1.54, 1.807) is 0 Å². The number of amidine groups is 1. The molecule has 3 heteroatoms. The zero-order valence-corrected chi connectivity index (χ0v) is 15.2. The second-order valence-electron chi connectivity index (χ2n) is 6.03. The minimum Gasteiger partial charge on any atom is -0.296 e. The zero-order chi connectivity index (χ0) is 16.4. The molecule has 0 aromatic rings. The van der Waals surface area contributed by atoms with Crippen LogP contribution in [0.25, 0.3) is 0 Å². The van der Waals surface area contributed by atoms with Crippen LogP contribution in [0.2, 0.25) is 0 Å². The molecule has 0 fully saturated rings. The van der Waals surface area contributed by atoms with Gasteiger partial charge in [-0.3, -0.25) is 4.90 Å². The van der Waals surface area contributed by atoms with Crippen molar-refractivity contribution in [3.05, 3.63) is 11.3 Å². The van der Waals surface area contributed by atoms with Crippen LogP contribution >= 0.6 is 0 Å². The molecular formula is C18H35N3. The van der Waals surface area contributed by atoms with Gasteiger partial charge in [0.2, 0.25) is 0 Å². The van der Waals surface area contributed by atoms with Gasteiger partial charge in [0.15, 0.2) is 0 Å². The van der Waals surface area contributed by atoms with Crippen LogP contribution in [0.1, 0.15) is 61.3 Å². The predicted molar refractivity (Wildman–Crippen MR) is 96.4 cm³/mol. The van der Waals surface area contributed by atoms with Gasteiger partial charge in [0.1, 0.15) is 5.84 Å². The van der Waals surface area contributed by atoms with Gasteiger partial charge in [-0.05, 0) is 50.6 Å². The van der Waals surface area contributed by atoms with Crippen molar-refractivity contribution in [2.75, 3.05) is 19.6 Å². The van der Waals surface area contributed by atoms with Crippen molar-refractivity contribution in [1.82, 2.24) is 4.90 Å². The summed E-state index contributed by atoms with van der Waals surface area (Å²) in [4.78, 5) is 11.2. The molecule has 0 heterocycles. The van der Waals surface area contributed by atoms with Crippen LogP contribution < -0.4 is 0 Å². The van der Waals surface area contributed by atoms with Gasteiger partial charge in [-0.2, -0.15) is 0 Å². The van der Waals surface area contributed by atoms with Crippen LogP contribution in [0, 0.1) is 11.8 Å². The number of aliphatic imine (C=N–C) groups is 2. The standard InChI is InChI=1S/C18H35N3/c1-9-12-15(6)18(14(4)5)16(7)20-17(19-8)13-21(10-2)11-3/h14-15H,8-13H2,1-7H3/b18-16-,20-17?. The number of allylic oxidation sites excluding steroid dienone is 2. The van der Waals surface area contributed by atoms with Crippen LogP contribution in [0.3, 0.4) is 0 Å². The Morgan fingerprint density at radius 1 is 1.10 bits per heavy atom. The molecule has 0 spiro atoms. The molecule has 0 amide bonds. The lowest BCUT2D eigenvalue weighted by atomic mass is 9.87. The van der Waals surface area contributed by atoms with Crippen LogP contribution in [0.4, 0.5) is 0 Å². The van der Waals surface area contributed by atoms with E-state index in [9.17, 15) is 0 Å². The van der Waals surface area contributed by atoms with Crippen LogP contribution in [-0.2, 0) is 0 Å². The molecule has 0 aliphatic rings. The molecule has 0 saturated heterocycles. The lowest BCUT2D eigenvalue weighted by molar-refractivity contribution is 0.346. The molecular weight excluding hydrogens is 258 g/mol. The van der Waals surface area contributed by atoms with Crippen molar-refractivity contribution >= 4 is 12.6 Å². The summed E-state index contributed by atoms with van der Waals surface area (Å²) in [7, 11) is 0. The summed E-state index contributed by atoms with van der Waals surface area (Å²) in [5, 5.41) is 0. The Kier molecular flexibility index (Phi) is 10.2. The fourth-order valence-corrected chi connectivity index (χ4v) is 2.96. The van der Waals surface area contributed by atoms with Gasteiger partial charge >= 0.3 is 0 Å². The van der Waals surface area contributed by atoms with Crippen molar-refractivity contribution in [1.29, 1.82) is 0 Å². The number of nitrogens with zero attached hydrogens (tertiary/aromatic N) is 3. The molecule has 122 valence electrons. The van der Waals surface area contributed by atoms with Gasteiger partial charge in [-0.15, -0.1) is 0 Å². The van der Waals surface area contributed by atoms with E-state index >= 15 is 0 Å². The topological polar surface area (TPSA) is 28.0 Å². The Morgan fingerprint density at radius 3 is 2.05 bits per heavy atom. The smallest absolute Gasteiger partial charge is 0.141 e. The zero-order valence-electron chi connectivity index (χ0n) is 15.2. The molecule has 21 heavy (non-hydrogen) atoms. The number of hydrogen-bond donors (Lipinski definition) is 0. The minimum absolute atomic E-state index is 0.523. The SMILES string of the molecule is C=NC(CN(CC)CC)=N/C(C)=C(/C(C)C)C(C)CCC. The largest absolute Gasteiger partial charge is 0.296 e. The molecule has 0 bridgehead atoms. The van der Waals surface area contributed by atoms with E-state index in [0.29, 0.717) is 11.8 Å². The van der Waals surface area contributed by atoms with Crippen LogP contribution in [-0.4, -0.2) is 37.1 Å². The number of hydrogen-bond acceptors (Lipinski definition) is 2. The highest BCUT2D eigenvalue weighted by Gasteiger charge is 2.15. The van der Waals surface area contributed by atoms with Crippen molar-refractivity contribution in [3.63, 3.8) is 0 Å². The van der Waals surface area contributed by atoms with E-state index < -0.39 is 0 Å². The predicted octanol–water partition coefficient (Wildman–Crippen LogP) is 4.79. The summed E-state index contributed by atoms with van der Waals surface area (Å²) in [6.07, 6.45) is 2.42. The number of likely N-dealkylation sites (N-methyl/N-ethyl adjacent to an activating group) is 1. The summed E-state index contributed by atoms with van der Waals surface area (Å²) >= 11 is 0. The maximum absolute atomic E-state index is 4.78. The first-order chi connectivity index (χ1) is 9.90. The van der Waals surface area contributed by atoms with Crippen LogP contribution in [0.5, 0.6) is 0 Å². The summed E-state index contributed by atoms with van der Waals surface area (Å²) in [6.45, 7) is 22.0. The van der Waals surface area contributed by atoms with Gasteiger partial charge in [0.25, 0.3) is 0 Å². The molecule has 0 aromatic carbocycles. The average molecular weight is 293 g/mol. The molecule has 1 unspecified atom stereocenters. The maximum Gasteiger partial charge on any atom is 0.141 e. The molecule has 0 aliphatic carbocycles. The normalized spacial score (nSPS) is 15.4. The molecule has 0 aromatic heterocycles. The monoisotopic (exact) mass is 293 g/mol. The highest BCUT2D eigenvalue weighted by molar-refractivity contribution is 5.88. The molecule has 0 aliphatic heterocycles. The second-order valence-corrected chi connectivity index (χ2v) is 6.03. The molecule has 0 radical (unpaired) electrons. The van der Waals surface area contributed by atoms with E-state index in [1.165, 1.54) is 18.4 Å². The third-order valence-corrected chi connectivity index (χ3v) is 4.03. The van der Waals surface area contributed by atoms with E-state index in [0.717, 1.165) is 31.2 Å². The lowest BCUT2D eigenvalue weighted by Gasteiger charge is -2.22. The lowest BCUT2D eigenvalue weighted by Crippen LogP contribution is -2.28. The van der Waals surface area contributed by atoms with Crippen molar-refractivity contribution in [2.24, 2.45) is 21.8 Å². The average Bonchev–Trinajstić information content (AvgIpc) is 2.43. The second kappa shape index (κ2) is 10.7. The Balaban J connectivity index is 5.36. The first-order valence-electron chi connectivity index (χ1n) is 8.38. The number of rotatable bonds is 9.